The van der Waals surface area contributed by atoms with Crippen molar-refractivity contribution in [2.24, 2.45) is 0 Å². The van der Waals surface area contributed by atoms with Crippen LogP contribution >= 0.6 is 7.82 Å². The Morgan fingerprint density at radius 1 is 0.750 bits per heavy atom. The van der Waals surface area contributed by atoms with Crippen LogP contribution in [-0.2, 0) is 23.1 Å². The monoisotopic (exact) mass is 536 g/mol. The molecule has 0 aliphatic carbocycles. The largest absolute Gasteiger partial charge is 0.472 e. The highest BCUT2D eigenvalue weighted by molar-refractivity contribution is 7.47. The van der Waals surface area contributed by atoms with E-state index in [4.69, 9.17) is 18.5 Å². The molecule has 1 N–H and O–H groups in total. The molecule has 1 heterocycles. The minimum atomic E-state index is -4.09. The van der Waals surface area contributed by atoms with Crippen molar-refractivity contribution in [3.63, 3.8) is 0 Å². The molecule has 0 spiro atoms. The van der Waals surface area contributed by atoms with Crippen LogP contribution in [0.15, 0.2) is 0 Å². The molecular formula is C27H57N2O6P. The fourth-order valence-corrected chi connectivity index (χ4v) is 5.11. The number of likely N-dealkylation sites (N-methyl/N-ethyl adjacent to an activating group) is 1. The number of piperazine rings is 1. The average Bonchev–Trinajstić information content (AvgIpc) is 2.86. The molecule has 36 heavy (non-hydrogen) atoms. The summed E-state index contributed by atoms with van der Waals surface area (Å²) in [6.45, 7) is 7.95. The molecule has 9 heteroatoms. The molecule has 0 aromatic rings. The zero-order chi connectivity index (χ0) is 26.3. The lowest BCUT2D eigenvalue weighted by atomic mass is 10.0. The molecule has 0 saturated carbocycles. The molecule has 2 atom stereocenters. The van der Waals surface area contributed by atoms with E-state index in [1.807, 2.05) is 0 Å². The number of rotatable bonds is 25. The van der Waals surface area contributed by atoms with Crippen molar-refractivity contribution in [3.8, 4) is 0 Å². The van der Waals surface area contributed by atoms with Crippen LogP contribution in [0.25, 0.3) is 0 Å². The van der Waals surface area contributed by atoms with Crippen molar-refractivity contribution in [2.75, 3.05) is 73.3 Å². The van der Waals surface area contributed by atoms with Crippen LogP contribution in [0.4, 0.5) is 0 Å². The fourth-order valence-electron chi connectivity index (χ4n) is 4.37. The third-order valence-electron chi connectivity index (χ3n) is 6.96. The van der Waals surface area contributed by atoms with E-state index in [1.54, 1.807) is 7.11 Å². The maximum Gasteiger partial charge on any atom is 0.472 e. The SMILES string of the molecule is CCCCCCCCCCCCCCCCOCC(COP(=O)(O)OCCN1CCN(C)CC1)OC. The summed E-state index contributed by atoms with van der Waals surface area (Å²) in [5.74, 6) is 0. The first-order valence-electron chi connectivity index (χ1n) is 14.6. The van der Waals surface area contributed by atoms with Crippen molar-refractivity contribution >= 4 is 7.82 Å². The van der Waals surface area contributed by atoms with Crippen molar-refractivity contribution in [1.29, 1.82) is 0 Å². The Morgan fingerprint density at radius 3 is 1.81 bits per heavy atom. The van der Waals surface area contributed by atoms with E-state index in [9.17, 15) is 9.46 Å². The number of nitrogens with zero attached hydrogens (tertiary/aromatic N) is 2. The molecule has 0 bridgehead atoms. The van der Waals surface area contributed by atoms with Crippen LogP contribution < -0.4 is 0 Å². The summed E-state index contributed by atoms with van der Waals surface area (Å²) in [6, 6.07) is 0. The number of unbranched alkanes of at least 4 members (excludes halogenated alkanes) is 13. The second-order valence-electron chi connectivity index (χ2n) is 10.3. The third kappa shape index (κ3) is 20.0. The quantitative estimate of drug-likeness (QED) is 0.114. The predicted molar refractivity (Wildman–Crippen MR) is 148 cm³/mol. The van der Waals surface area contributed by atoms with Gasteiger partial charge in [0.05, 0.1) is 19.8 Å². The minimum Gasteiger partial charge on any atom is -0.379 e. The van der Waals surface area contributed by atoms with Gasteiger partial charge in [0.1, 0.15) is 6.10 Å². The van der Waals surface area contributed by atoms with Gasteiger partial charge < -0.3 is 19.3 Å². The zero-order valence-electron chi connectivity index (χ0n) is 23.7. The second-order valence-corrected chi connectivity index (χ2v) is 11.7. The zero-order valence-corrected chi connectivity index (χ0v) is 24.6. The van der Waals surface area contributed by atoms with Crippen LogP contribution in [0.5, 0.6) is 0 Å². The Hall–Kier alpha value is -0.0500. The Morgan fingerprint density at radius 2 is 1.28 bits per heavy atom. The van der Waals surface area contributed by atoms with Gasteiger partial charge in [-0.05, 0) is 13.5 Å². The summed E-state index contributed by atoms with van der Waals surface area (Å²) in [5.41, 5.74) is 0. The predicted octanol–water partition coefficient (Wildman–Crippen LogP) is 5.88. The van der Waals surface area contributed by atoms with Crippen LogP contribution in [0, 0.1) is 0 Å². The molecule has 1 fully saturated rings. The lowest BCUT2D eigenvalue weighted by Crippen LogP contribution is -2.45. The maximum atomic E-state index is 12.1. The van der Waals surface area contributed by atoms with E-state index in [1.165, 1.54) is 83.5 Å². The van der Waals surface area contributed by atoms with Crippen molar-refractivity contribution in [1.82, 2.24) is 9.80 Å². The normalized spacial score (nSPS) is 17.9. The number of hydrogen-bond acceptors (Lipinski definition) is 7. The van der Waals surface area contributed by atoms with Gasteiger partial charge in [-0.15, -0.1) is 0 Å². The van der Waals surface area contributed by atoms with E-state index in [-0.39, 0.29) is 13.2 Å². The van der Waals surface area contributed by atoms with Gasteiger partial charge in [0, 0.05) is 46.4 Å². The Balaban J connectivity index is 1.91. The summed E-state index contributed by atoms with van der Waals surface area (Å²) in [4.78, 5) is 14.4. The summed E-state index contributed by atoms with van der Waals surface area (Å²) in [7, 11) is -0.435. The van der Waals surface area contributed by atoms with Crippen LogP contribution in [0.3, 0.4) is 0 Å². The van der Waals surface area contributed by atoms with E-state index in [0.717, 1.165) is 32.6 Å². The first kappa shape index (κ1) is 34.0. The maximum absolute atomic E-state index is 12.1. The summed E-state index contributed by atoms with van der Waals surface area (Å²) >= 11 is 0. The highest BCUT2D eigenvalue weighted by atomic mass is 31.2. The lowest BCUT2D eigenvalue weighted by molar-refractivity contribution is -0.0225. The summed E-state index contributed by atoms with van der Waals surface area (Å²) in [6.07, 6.45) is 18.3. The van der Waals surface area contributed by atoms with Gasteiger partial charge in [0.25, 0.3) is 0 Å². The Labute approximate surface area is 222 Å². The van der Waals surface area contributed by atoms with Crippen LogP contribution in [0.1, 0.15) is 96.8 Å². The molecule has 2 unspecified atom stereocenters. The van der Waals surface area contributed by atoms with Crippen molar-refractivity contribution in [2.45, 2.75) is 103 Å². The van der Waals surface area contributed by atoms with Gasteiger partial charge in [-0.25, -0.2) is 4.57 Å². The van der Waals surface area contributed by atoms with Crippen molar-refractivity contribution in [3.05, 3.63) is 0 Å². The standard InChI is InChI=1S/C27H57N2O6P/c1-4-5-6-7-8-9-10-11-12-13-14-15-16-17-23-33-25-27(32-3)26-35-36(30,31)34-24-22-29-20-18-28(2)19-21-29/h27H,4-26H2,1-3H3,(H,30,31). The van der Waals surface area contributed by atoms with Gasteiger partial charge in [0.15, 0.2) is 0 Å². The molecule has 1 saturated heterocycles. The number of phosphoric acid groups is 1. The molecule has 1 aliphatic heterocycles. The number of methoxy groups -OCH3 is 1. The Kier molecular flexibility index (Phi) is 21.6. The first-order chi connectivity index (χ1) is 17.5. The highest BCUT2D eigenvalue weighted by Crippen LogP contribution is 2.43. The Bertz CT molecular complexity index is 534. The van der Waals surface area contributed by atoms with Gasteiger partial charge in [0.2, 0.25) is 0 Å². The molecule has 8 nitrogen and oxygen atoms in total. The number of hydrogen-bond donors (Lipinski definition) is 1. The number of ether oxygens (including phenoxy) is 2. The average molecular weight is 537 g/mol. The molecular weight excluding hydrogens is 479 g/mol. The van der Waals surface area contributed by atoms with Crippen molar-refractivity contribution < 1.29 is 28.0 Å². The second kappa shape index (κ2) is 22.9. The van der Waals surface area contributed by atoms with E-state index in [0.29, 0.717) is 19.8 Å². The highest BCUT2D eigenvalue weighted by Gasteiger charge is 2.24. The summed E-state index contributed by atoms with van der Waals surface area (Å²) in [5, 5.41) is 0. The van der Waals surface area contributed by atoms with Gasteiger partial charge in [-0.1, -0.05) is 90.4 Å². The lowest BCUT2D eigenvalue weighted by Gasteiger charge is -2.32. The summed E-state index contributed by atoms with van der Waals surface area (Å²) < 4.78 is 33.4. The molecule has 0 aromatic heterocycles. The number of phosphoric ester groups is 1. The third-order valence-corrected chi connectivity index (χ3v) is 7.94. The first-order valence-corrected chi connectivity index (χ1v) is 16.1. The van der Waals surface area contributed by atoms with E-state index >= 15 is 0 Å². The molecule has 1 aliphatic rings. The molecule has 0 amide bonds. The molecule has 0 radical (unpaired) electrons. The minimum absolute atomic E-state index is 0.0302. The van der Waals surface area contributed by atoms with E-state index in [2.05, 4.69) is 23.8 Å². The smallest absolute Gasteiger partial charge is 0.379 e. The van der Waals surface area contributed by atoms with Gasteiger partial charge >= 0.3 is 7.82 Å². The van der Waals surface area contributed by atoms with Crippen LogP contribution in [0.2, 0.25) is 0 Å². The fraction of sp³-hybridized carbons (Fsp3) is 1.00. The van der Waals surface area contributed by atoms with Gasteiger partial charge in [-0.3, -0.25) is 13.9 Å². The van der Waals surface area contributed by atoms with Gasteiger partial charge in [-0.2, -0.15) is 0 Å². The molecule has 0 aromatic carbocycles. The van der Waals surface area contributed by atoms with E-state index < -0.39 is 13.9 Å². The molecule has 1 rings (SSSR count). The molecule has 216 valence electrons. The van der Waals surface area contributed by atoms with Crippen LogP contribution in [-0.4, -0.2) is 94.1 Å². The topological polar surface area (TPSA) is 80.7 Å².